The van der Waals surface area contributed by atoms with Gasteiger partial charge in [0.05, 0.1) is 30.5 Å². The van der Waals surface area contributed by atoms with Crippen LogP contribution in [0.5, 0.6) is 0 Å². The molecule has 6 nitrogen and oxygen atoms in total. The summed E-state index contributed by atoms with van der Waals surface area (Å²) in [5, 5.41) is 7.98. The van der Waals surface area contributed by atoms with Gasteiger partial charge >= 0.3 is 0 Å². The molecule has 1 atom stereocenters. The fraction of sp³-hybridized carbons (Fsp3) is 0.778. The maximum Gasteiger partial charge on any atom is 0.191 e. The van der Waals surface area contributed by atoms with Crippen molar-refractivity contribution in [1.29, 1.82) is 0 Å². The van der Waals surface area contributed by atoms with Crippen LogP contribution in [-0.2, 0) is 17.6 Å². The average Bonchev–Trinajstić information content (AvgIpc) is 2.99. The Bertz CT molecular complexity index is 546. The Hall–Kier alpha value is -0.450. The summed E-state index contributed by atoms with van der Waals surface area (Å²) in [5.41, 5.74) is 1.24. The number of halogens is 1. The Balaban J connectivity index is 0.00000338. The highest BCUT2D eigenvalue weighted by molar-refractivity contribution is 14.0. The molecule has 2 heterocycles. The van der Waals surface area contributed by atoms with Crippen LogP contribution in [0.15, 0.2) is 4.99 Å². The maximum atomic E-state index is 5.42. The van der Waals surface area contributed by atoms with E-state index in [1.807, 2.05) is 11.3 Å². The predicted octanol–water partition coefficient (Wildman–Crippen LogP) is 2.45. The molecule has 2 N–H and O–H groups in total. The van der Waals surface area contributed by atoms with Gasteiger partial charge in [0.2, 0.25) is 0 Å². The van der Waals surface area contributed by atoms with Crippen LogP contribution < -0.4 is 10.6 Å². The number of aryl methyl sites for hydroxylation is 2. The quantitative estimate of drug-likeness (QED) is 0.330. The first-order chi connectivity index (χ1) is 12.1. The minimum absolute atomic E-state index is 0. The minimum Gasteiger partial charge on any atom is -0.379 e. The first-order valence-corrected chi connectivity index (χ1v) is 10.2. The van der Waals surface area contributed by atoms with Gasteiger partial charge in [0, 0.05) is 43.5 Å². The third-order valence-electron chi connectivity index (χ3n) is 4.43. The van der Waals surface area contributed by atoms with Crippen LogP contribution in [0.1, 0.15) is 36.3 Å². The van der Waals surface area contributed by atoms with E-state index in [-0.39, 0.29) is 24.0 Å². The third-order valence-corrected chi connectivity index (χ3v) is 5.50. The highest BCUT2D eigenvalue weighted by Gasteiger charge is 2.16. The van der Waals surface area contributed by atoms with Crippen molar-refractivity contribution in [3.8, 4) is 0 Å². The Morgan fingerprint density at radius 1 is 1.31 bits per heavy atom. The van der Waals surface area contributed by atoms with E-state index in [1.54, 1.807) is 0 Å². The number of hydrogen-bond acceptors (Lipinski definition) is 5. The first kappa shape index (κ1) is 23.6. The standard InChI is InChI=1S/C18H33N5OS.HI/c1-5-16-15(4)25-17(22-16)7-8-20-18(19-6-2)21-13-14(3)23-9-11-24-12-10-23;/h14H,5-13H2,1-4H3,(H2,19,20,21);1H. The molecule has 0 spiro atoms. The van der Waals surface area contributed by atoms with E-state index in [2.05, 4.69) is 43.2 Å². The van der Waals surface area contributed by atoms with E-state index in [0.29, 0.717) is 6.04 Å². The number of nitrogens with one attached hydrogen (secondary N) is 2. The topological polar surface area (TPSA) is 61.8 Å². The summed E-state index contributed by atoms with van der Waals surface area (Å²) in [7, 11) is 0. The Morgan fingerprint density at radius 3 is 2.65 bits per heavy atom. The second-order valence-corrected chi connectivity index (χ2v) is 7.65. The van der Waals surface area contributed by atoms with Crippen molar-refractivity contribution in [2.24, 2.45) is 4.99 Å². The molecule has 1 aliphatic rings. The van der Waals surface area contributed by atoms with Gasteiger partial charge in [0.25, 0.3) is 0 Å². The molecule has 0 aliphatic carbocycles. The van der Waals surface area contributed by atoms with Crippen LogP contribution in [0, 0.1) is 6.92 Å². The summed E-state index contributed by atoms with van der Waals surface area (Å²) >= 11 is 1.81. The van der Waals surface area contributed by atoms with E-state index in [4.69, 9.17) is 14.7 Å². The fourth-order valence-electron chi connectivity index (χ4n) is 2.91. The monoisotopic (exact) mass is 495 g/mol. The van der Waals surface area contributed by atoms with Crippen LogP contribution in [0.2, 0.25) is 0 Å². The summed E-state index contributed by atoms with van der Waals surface area (Å²) in [5.74, 6) is 0.895. The number of morpholine rings is 1. The molecular weight excluding hydrogens is 461 g/mol. The Morgan fingerprint density at radius 2 is 2.04 bits per heavy atom. The summed E-state index contributed by atoms with van der Waals surface area (Å²) in [4.78, 5) is 13.3. The van der Waals surface area contributed by atoms with Gasteiger partial charge in [-0.3, -0.25) is 9.89 Å². The molecule has 150 valence electrons. The largest absolute Gasteiger partial charge is 0.379 e. The number of aromatic nitrogens is 1. The van der Waals surface area contributed by atoms with Gasteiger partial charge in [-0.15, -0.1) is 35.3 Å². The van der Waals surface area contributed by atoms with Crippen molar-refractivity contribution in [2.75, 3.05) is 45.9 Å². The molecule has 0 saturated carbocycles. The zero-order valence-electron chi connectivity index (χ0n) is 16.5. The molecule has 1 saturated heterocycles. The van der Waals surface area contributed by atoms with Gasteiger partial charge in [-0.25, -0.2) is 4.98 Å². The number of nitrogens with zero attached hydrogens (tertiary/aromatic N) is 3. The highest BCUT2D eigenvalue weighted by atomic mass is 127. The highest BCUT2D eigenvalue weighted by Crippen LogP contribution is 2.17. The number of guanidine groups is 1. The van der Waals surface area contributed by atoms with E-state index in [9.17, 15) is 0 Å². The van der Waals surface area contributed by atoms with Crippen molar-refractivity contribution in [2.45, 2.75) is 46.6 Å². The Kier molecular flexibility index (Phi) is 11.7. The van der Waals surface area contributed by atoms with Crippen LogP contribution in [-0.4, -0.2) is 67.8 Å². The van der Waals surface area contributed by atoms with Crippen molar-refractivity contribution < 1.29 is 4.74 Å². The number of thiazole rings is 1. The molecule has 1 aliphatic heterocycles. The molecule has 0 radical (unpaired) electrons. The second-order valence-electron chi connectivity index (χ2n) is 6.36. The zero-order chi connectivity index (χ0) is 18.1. The van der Waals surface area contributed by atoms with E-state index in [1.165, 1.54) is 15.6 Å². The number of ether oxygens (including phenoxy) is 1. The molecule has 1 aromatic heterocycles. The van der Waals surface area contributed by atoms with Gasteiger partial charge in [0.1, 0.15) is 0 Å². The van der Waals surface area contributed by atoms with Crippen molar-refractivity contribution >= 4 is 41.3 Å². The summed E-state index contributed by atoms with van der Waals surface area (Å²) < 4.78 is 5.42. The van der Waals surface area contributed by atoms with Crippen LogP contribution in [0.4, 0.5) is 0 Å². The van der Waals surface area contributed by atoms with E-state index < -0.39 is 0 Å². The van der Waals surface area contributed by atoms with Gasteiger partial charge in [-0.1, -0.05) is 6.92 Å². The molecule has 26 heavy (non-hydrogen) atoms. The van der Waals surface area contributed by atoms with Gasteiger partial charge in [-0.2, -0.15) is 0 Å². The van der Waals surface area contributed by atoms with Gasteiger partial charge < -0.3 is 15.4 Å². The van der Waals surface area contributed by atoms with Gasteiger partial charge in [-0.05, 0) is 27.2 Å². The smallest absolute Gasteiger partial charge is 0.191 e. The minimum atomic E-state index is 0. The molecule has 1 aromatic rings. The lowest BCUT2D eigenvalue weighted by Crippen LogP contribution is -2.44. The maximum absolute atomic E-state index is 5.42. The van der Waals surface area contributed by atoms with Crippen molar-refractivity contribution in [3.05, 3.63) is 15.6 Å². The SMILES string of the molecule is CCNC(=NCC(C)N1CCOCC1)NCCc1nc(CC)c(C)s1.I. The summed E-state index contributed by atoms with van der Waals surface area (Å²) in [6.07, 6.45) is 1.95. The van der Waals surface area contributed by atoms with Crippen LogP contribution in [0.25, 0.3) is 0 Å². The number of aliphatic imine (C=N–C) groups is 1. The lowest BCUT2D eigenvalue weighted by atomic mass is 10.2. The third kappa shape index (κ3) is 7.66. The molecule has 2 rings (SSSR count). The molecule has 0 aromatic carbocycles. The predicted molar refractivity (Wildman–Crippen MR) is 121 cm³/mol. The van der Waals surface area contributed by atoms with Crippen molar-refractivity contribution in [3.63, 3.8) is 0 Å². The normalized spacial score (nSPS) is 16.8. The number of rotatable bonds is 8. The van der Waals surface area contributed by atoms with Crippen LogP contribution in [0.3, 0.4) is 0 Å². The summed E-state index contributed by atoms with van der Waals surface area (Å²) in [6.45, 7) is 14.9. The zero-order valence-corrected chi connectivity index (χ0v) is 19.7. The van der Waals surface area contributed by atoms with E-state index >= 15 is 0 Å². The fourth-order valence-corrected chi connectivity index (χ4v) is 3.93. The lowest BCUT2D eigenvalue weighted by molar-refractivity contribution is 0.0220. The lowest BCUT2D eigenvalue weighted by Gasteiger charge is -2.31. The van der Waals surface area contributed by atoms with E-state index in [0.717, 1.165) is 64.7 Å². The molecule has 1 unspecified atom stereocenters. The van der Waals surface area contributed by atoms with Crippen molar-refractivity contribution in [1.82, 2.24) is 20.5 Å². The summed E-state index contributed by atoms with van der Waals surface area (Å²) in [6, 6.07) is 0.438. The first-order valence-electron chi connectivity index (χ1n) is 9.43. The molecular formula is C18H34IN5OS. The molecule has 0 amide bonds. The number of hydrogen-bond donors (Lipinski definition) is 2. The molecule has 0 bridgehead atoms. The van der Waals surface area contributed by atoms with Crippen LogP contribution >= 0.6 is 35.3 Å². The van der Waals surface area contributed by atoms with Gasteiger partial charge in [0.15, 0.2) is 5.96 Å². The second kappa shape index (κ2) is 12.9. The molecule has 8 heteroatoms. The molecule has 1 fully saturated rings. The Labute approximate surface area is 179 Å². The average molecular weight is 495 g/mol.